The van der Waals surface area contributed by atoms with Crippen LogP contribution in [-0.4, -0.2) is 17.0 Å². The average molecular weight is 330 g/mol. The van der Waals surface area contributed by atoms with E-state index in [2.05, 4.69) is 21.2 Å². The monoisotopic (exact) mass is 329 g/mol. The third-order valence-electron chi connectivity index (χ3n) is 2.17. The van der Waals surface area contributed by atoms with Gasteiger partial charge in [0.05, 0.1) is 12.1 Å². The molecule has 7 heteroatoms. The normalized spacial score (nSPS) is 10.3. The zero-order valence-corrected chi connectivity index (χ0v) is 11.4. The number of carboxylic acids is 1. The van der Waals surface area contributed by atoms with Gasteiger partial charge in [-0.1, -0.05) is 0 Å². The highest BCUT2D eigenvalue weighted by atomic mass is 79.9. The SMILES string of the molecule is O=C(O)c1coc(C(=O)NCc2sccc2Br)c1. The van der Waals surface area contributed by atoms with E-state index in [9.17, 15) is 9.59 Å². The largest absolute Gasteiger partial charge is 0.478 e. The van der Waals surface area contributed by atoms with E-state index in [1.807, 2.05) is 11.4 Å². The Hall–Kier alpha value is -1.60. The lowest BCUT2D eigenvalue weighted by Gasteiger charge is -2.01. The van der Waals surface area contributed by atoms with Crippen molar-refractivity contribution in [1.82, 2.24) is 5.32 Å². The van der Waals surface area contributed by atoms with Crippen molar-refractivity contribution in [3.05, 3.63) is 44.4 Å². The van der Waals surface area contributed by atoms with Crippen molar-refractivity contribution in [3.8, 4) is 0 Å². The first-order chi connectivity index (χ1) is 8.58. The molecule has 0 aromatic carbocycles. The molecule has 1 amide bonds. The number of nitrogens with one attached hydrogen (secondary N) is 1. The van der Waals surface area contributed by atoms with Gasteiger partial charge in [-0.25, -0.2) is 4.79 Å². The number of carbonyl (C=O) groups is 2. The first-order valence-electron chi connectivity index (χ1n) is 4.90. The Morgan fingerprint density at radius 2 is 2.28 bits per heavy atom. The van der Waals surface area contributed by atoms with E-state index in [1.165, 1.54) is 17.4 Å². The highest BCUT2D eigenvalue weighted by molar-refractivity contribution is 9.10. The van der Waals surface area contributed by atoms with Crippen molar-refractivity contribution in [2.45, 2.75) is 6.54 Å². The van der Waals surface area contributed by atoms with E-state index in [-0.39, 0.29) is 11.3 Å². The fourth-order valence-corrected chi connectivity index (χ4v) is 2.70. The molecule has 2 aromatic rings. The molecular weight excluding hydrogens is 322 g/mol. The zero-order chi connectivity index (χ0) is 13.1. The van der Waals surface area contributed by atoms with Crippen LogP contribution >= 0.6 is 27.3 Å². The minimum atomic E-state index is -1.13. The first-order valence-corrected chi connectivity index (χ1v) is 6.57. The Kier molecular flexibility index (Phi) is 3.83. The van der Waals surface area contributed by atoms with Crippen molar-refractivity contribution >= 4 is 39.1 Å². The maximum absolute atomic E-state index is 11.7. The number of halogens is 1. The van der Waals surface area contributed by atoms with Crippen LogP contribution in [0.3, 0.4) is 0 Å². The summed E-state index contributed by atoms with van der Waals surface area (Å²) < 4.78 is 5.82. The minimum absolute atomic E-state index is 0.0138. The smallest absolute Gasteiger partial charge is 0.338 e. The van der Waals surface area contributed by atoms with Gasteiger partial charge in [-0.05, 0) is 27.4 Å². The lowest BCUT2D eigenvalue weighted by Crippen LogP contribution is -2.21. The van der Waals surface area contributed by atoms with Crippen LogP contribution in [-0.2, 0) is 6.54 Å². The molecule has 0 spiro atoms. The van der Waals surface area contributed by atoms with Gasteiger partial charge in [0.25, 0.3) is 5.91 Å². The van der Waals surface area contributed by atoms with Crippen LogP contribution in [0.5, 0.6) is 0 Å². The third-order valence-corrected chi connectivity index (χ3v) is 4.10. The average Bonchev–Trinajstić information content (AvgIpc) is 2.94. The number of rotatable bonds is 4. The van der Waals surface area contributed by atoms with Gasteiger partial charge in [0.1, 0.15) is 6.26 Å². The molecule has 0 aliphatic heterocycles. The van der Waals surface area contributed by atoms with Crippen LogP contribution in [0.1, 0.15) is 25.8 Å². The van der Waals surface area contributed by atoms with Gasteiger partial charge in [0.15, 0.2) is 5.76 Å². The molecule has 2 N–H and O–H groups in total. The van der Waals surface area contributed by atoms with E-state index in [0.717, 1.165) is 15.6 Å². The molecule has 0 aliphatic rings. The van der Waals surface area contributed by atoms with Gasteiger partial charge < -0.3 is 14.8 Å². The van der Waals surface area contributed by atoms with Crippen molar-refractivity contribution < 1.29 is 19.1 Å². The highest BCUT2D eigenvalue weighted by Crippen LogP contribution is 2.22. The van der Waals surface area contributed by atoms with Gasteiger partial charge in [0, 0.05) is 15.4 Å². The molecule has 0 atom stereocenters. The zero-order valence-electron chi connectivity index (χ0n) is 8.97. The number of carboxylic acid groups (broad SMARTS) is 1. The maximum atomic E-state index is 11.7. The summed E-state index contributed by atoms with van der Waals surface area (Å²) in [6.07, 6.45) is 1.04. The van der Waals surface area contributed by atoms with E-state index in [1.54, 1.807) is 0 Å². The van der Waals surface area contributed by atoms with Crippen molar-refractivity contribution in [2.75, 3.05) is 0 Å². The molecule has 0 bridgehead atoms. The number of amides is 1. The summed E-state index contributed by atoms with van der Waals surface area (Å²) in [5.41, 5.74) is -0.0440. The number of hydrogen-bond acceptors (Lipinski definition) is 4. The minimum Gasteiger partial charge on any atom is -0.478 e. The summed E-state index contributed by atoms with van der Waals surface area (Å²) in [5, 5.41) is 13.3. The van der Waals surface area contributed by atoms with Crippen LogP contribution in [0.4, 0.5) is 0 Å². The Labute approximate surface area is 115 Å². The molecule has 0 fully saturated rings. The van der Waals surface area contributed by atoms with Crippen LogP contribution in [0.15, 0.2) is 32.7 Å². The van der Waals surface area contributed by atoms with E-state index in [0.29, 0.717) is 6.54 Å². The second-order valence-corrected chi connectivity index (χ2v) is 5.23. The Bertz CT molecular complexity index is 589. The van der Waals surface area contributed by atoms with E-state index >= 15 is 0 Å². The second-order valence-electron chi connectivity index (χ2n) is 3.38. The topological polar surface area (TPSA) is 79.5 Å². The lowest BCUT2D eigenvalue weighted by molar-refractivity contribution is 0.0696. The fourth-order valence-electron chi connectivity index (χ4n) is 1.27. The standard InChI is InChI=1S/C11H8BrNO4S/c12-7-1-2-18-9(7)4-13-10(14)8-3-6(5-17-8)11(15)16/h1-3,5H,4H2,(H,13,14)(H,15,16). The molecule has 0 saturated carbocycles. The lowest BCUT2D eigenvalue weighted by atomic mass is 10.3. The molecular formula is C11H8BrNO4S. The highest BCUT2D eigenvalue weighted by Gasteiger charge is 2.14. The molecule has 2 aromatic heterocycles. The first kappa shape index (κ1) is 12.8. The van der Waals surface area contributed by atoms with Gasteiger partial charge in [-0.3, -0.25) is 4.79 Å². The number of furan rings is 1. The fraction of sp³-hybridized carbons (Fsp3) is 0.0909. The van der Waals surface area contributed by atoms with Gasteiger partial charge in [-0.2, -0.15) is 0 Å². The van der Waals surface area contributed by atoms with Crippen molar-refractivity contribution in [1.29, 1.82) is 0 Å². The molecule has 94 valence electrons. The van der Waals surface area contributed by atoms with Crippen LogP contribution in [0.2, 0.25) is 0 Å². The number of thiophene rings is 1. The van der Waals surface area contributed by atoms with Crippen molar-refractivity contribution in [2.24, 2.45) is 0 Å². The summed E-state index contributed by atoms with van der Waals surface area (Å²) in [6, 6.07) is 3.09. The second kappa shape index (κ2) is 5.36. The summed E-state index contributed by atoms with van der Waals surface area (Å²) in [4.78, 5) is 23.3. The molecule has 5 nitrogen and oxygen atoms in total. The van der Waals surface area contributed by atoms with Crippen LogP contribution in [0, 0.1) is 0 Å². The molecule has 18 heavy (non-hydrogen) atoms. The quantitative estimate of drug-likeness (QED) is 0.903. The Morgan fingerprint density at radius 1 is 1.50 bits per heavy atom. The molecule has 2 heterocycles. The summed E-state index contributed by atoms with van der Waals surface area (Å²) in [7, 11) is 0. The molecule has 0 unspecified atom stereocenters. The van der Waals surface area contributed by atoms with Crippen LogP contribution in [0.25, 0.3) is 0 Å². The number of hydrogen-bond donors (Lipinski definition) is 2. The van der Waals surface area contributed by atoms with Gasteiger partial charge in [0.2, 0.25) is 0 Å². The Morgan fingerprint density at radius 3 is 2.83 bits per heavy atom. The number of carbonyl (C=O) groups excluding carboxylic acids is 1. The predicted molar refractivity (Wildman–Crippen MR) is 68.9 cm³/mol. The molecule has 0 radical (unpaired) electrons. The summed E-state index contributed by atoms with van der Waals surface area (Å²) in [6.45, 7) is 0.361. The molecule has 2 rings (SSSR count). The number of aromatic carboxylic acids is 1. The molecule has 0 saturated heterocycles. The van der Waals surface area contributed by atoms with Gasteiger partial charge in [-0.15, -0.1) is 11.3 Å². The maximum Gasteiger partial charge on any atom is 0.338 e. The third kappa shape index (κ3) is 2.80. The summed E-state index contributed by atoms with van der Waals surface area (Å²) in [5.74, 6) is -1.58. The Balaban J connectivity index is 1.99. The van der Waals surface area contributed by atoms with Crippen molar-refractivity contribution in [3.63, 3.8) is 0 Å². The summed E-state index contributed by atoms with van der Waals surface area (Å²) >= 11 is 4.86. The van der Waals surface area contributed by atoms with Gasteiger partial charge >= 0.3 is 5.97 Å². The van der Waals surface area contributed by atoms with Crippen LogP contribution < -0.4 is 5.32 Å². The predicted octanol–water partition coefficient (Wildman–Crippen LogP) is 2.73. The molecule has 0 aliphatic carbocycles. The van der Waals surface area contributed by atoms with E-state index in [4.69, 9.17) is 9.52 Å². The van der Waals surface area contributed by atoms with E-state index < -0.39 is 11.9 Å².